The average Bonchev–Trinajstić information content (AvgIpc) is 2.63. The highest BCUT2D eigenvalue weighted by Gasteiger charge is 2.46. The Morgan fingerprint density at radius 3 is 2.29 bits per heavy atom. The Balaban J connectivity index is 2.31. The van der Waals surface area contributed by atoms with Gasteiger partial charge in [0.05, 0.1) is 23.1 Å². The maximum Gasteiger partial charge on any atom is 0.245 e. The van der Waals surface area contributed by atoms with Gasteiger partial charge in [-0.1, -0.05) is 0 Å². The van der Waals surface area contributed by atoms with E-state index in [1.165, 1.54) is 4.31 Å². The third-order valence-corrected chi connectivity index (χ3v) is 5.53. The quantitative estimate of drug-likeness (QED) is 0.857. The van der Waals surface area contributed by atoms with E-state index in [-0.39, 0.29) is 11.0 Å². The van der Waals surface area contributed by atoms with Crippen molar-refractivity contribution in [1.29, 1.82) is 0 Å². The van der Waals surface area contributed by atoms with Crippen molar-refractivity contribution in [3.8, 4) is 5.75 Å². The van der Waals surface area contributed by atoms with E-state index in [2.05, 4.69) is 0 Å². The molecule has 0 spiro atoms. The van der Waals surface area contributed by atoms with Crippen molar-refractivity contribution in [3.05, 3.63) is 24.3 Å². The molecule has 1 aromatic rings. The van der Waals surface area contributed by atoms with Crippen molar-refractivity contribution in [2.75, 3.05) is 6.61 Å². The molecule has 0 bridgehead atoms. The van der Waals surface area contributed by atoms with Crippen LogP contribution in [0.5, 0.6) is 5.75 Å². The fourth-order valence-corrected chi connectivity index (χ4v) is 4.41. The average molecular weight is 313 g/mol. The van der Waals surface area contributed by atoms with Crippen molar-refractivity contribution in [3.63, 3.8) is 0 Å². The first-order chi connectivity index (χ1) is 9.64. The minimum atomic E-state index is -3.59. The van der Waals surface area contributed by atoms with Crippen molar-refractivity contribution in [2.24, 2.45) is 0 Å². The number of hydrogen-bond acceptors (Lipinski definition) is 4. The van der Waals surface area contributed by atoms with Crippen LogP contribution in [0.1, 0.15) is 34.6 Å². The molecule has 1 fully saturated rings. The monoisotopic (exact) mass is 313 g/mol. The molecule has 1 atom stereocenters. The van der Waals surface area contributed by atoms with E-state index in [0.717, 1.165) is 0 Å². The van der Waals surface area contributed by atoms with Gasteiger partial charge < -0.3 is 9.47 Å². The van der Waals surface area contributed by atoms with Crippen molar-refractivity contribution >= 4 is 10.0 Å². The number of rotatable bonds is 4. The number of nitrogens with zero attached hydrogens (tertiary/aromatic N) is 1. The van der Waals surface area contributed by atoms with Gasteiger partial charge in [-0.15, -0.1) is 0 Å². The second-order valence-corrected chi connectivity index (χ2v) is 7.98. The first-order valence-corrected chi connectivity index (χ1v) is 8.51. The lowest BCUT2D eigenvalue weighted by Gasteiger charge is -2.30. The molecular formula is C15H23NO4S. The summed E-state index contributed by atoms with van der Waals surface area (Å²) in [6.45, 7) is 9.73. The molecule has 1 aliphatic heterocycles. The normalized spacial score (nSPS) is 22.7. The Morgan fingerprint density at radius 1 is 1.29 bits per heavy atom. The highest BCUT2D eigenvalue weighted by molar-refractivity contribution is 7.89. The Hall–Kier alpha value is -1.11. The Kier molecular flexibility index (Phi) is 4.33. The van der Waals surface area contributed by atoms with E-state index in [0.29, 0.717) is 12.4 Å². The molecule has 0 saturated carbocycles. The van der Waals surface area contributed by atoms with Gasteiger partial charge >= 0.3 is 0 Å². The third-order valence-electron chi connectivity index (χ3n) is 3.36. The molecule has 1 unspecified atom stereocenters. The molecule has 1 heterocycles. The lowest BCUT2D eigenvalue weighted by molar-refractivity contribution is 0.0843. The summed E-state index contributed by atoms with van der Waals surface area (Å²) in [4.78, 5) is 0.254. The molecule has 0 radical (unpaired) electrons. The smallest absolute Gasteiger partial charge is 0.245 e. The molecule has 5 nitrogen and oxygen atoms in total. The summed E-state index contributed by atoms with van der Waals surface area (Å²) in [5, 5.41) is 0. The van der Waals surface area contributed by atoms with Gasteiger partial charge in [-0.05, 0) is 58.9 Å². The Morgan fingerprint density at radius 2 is 1.86 bits per heavy atom. The summed E-state index contributed by atoms with van der Waals surface area (Å²) in [6.07, 6.45) is -0.407. The summed E-state index contributed by atoms with van der Waals surface area (Å²) in [5.74, 6) is 0.661. The molecule has 0 aromatic heterocycles. The number of hydrogen-bond donors (Lipinski definition) is 0. The van der Waals surface area contributed by atoms with E-state index in [1.807, 2.05) is 27.7 Å². The molecule has 1 aliphatic rings. The summed E-state index contributed by atoms with van der Waals surface area (Å²) in [6, 6.07) is 6.52. The fraction of sp³-hybridized carbons (Fsp3) is 0.600. The molecule has 1 aromatic carbocycles. The van der Waals surface area contributed by atoms with Crippen LogP contribution in [0.3, 0.4) is 0 Å². The van der Waals surface area contributed by atoms with E-state index < -0.39 is 21.8 Å². The van der Waals surface area contributed by atoms with Crippen LogP contribution in [0.2, 0.25) is 0 Å². The maximum absolute atomic E-state index is 12.8. The van der Waals surface area contributed by atoms with Crippen molar-refractivity contribution in [1.82, 2.24) is 4.31 Å². The first kappa shape index (κ1) is 16.3. The molecule has 118 valence electrons. The minimum Gasteiger partial charge on any atom is -0.491 e. The van der Waals surface area contributed by atoms with Crippen LogP contribution >= 0.6 is 0 Å². The van der Waals surface area contributed by atoms with Gasteiger partial charge in [0.25, 0.3) is 0 Å². The van der Waals surface area contributed by atoms with Crippen molar-refractivity contribution in [2.45, 2.75) is 57.4 Å². The van der Waals surface area contributed by atoms with Gasteiger partial charge in [0.15, 0.2) is 0 Å². The van der Waals surface area contributed by atoms with E-state index >= 15 is 0 Å². The summed E-state index contributed by atoms with van der Waals surface area (Å²) in [5.41, 5.74) is -0.550. The summed E-state index contributed by atoms with van der Waals surface area (Å²) < 4.78 is 38.1. The Bertz CT molecular complexity index is 593. The standard InChI is InChI=1S/C15H23NO4S/c1-11(2)20-13-6-8-14(9-7-13)21(17,18)16-12(3)19-10-15(16,4)5/h6-9,11-12H,10H2,1-5H3. The van der Waals surface area contributed by atoms with Crippen LogP contribution in [0.15, 0.2) is 29.2 Å². The van der Waals surface area contributed by atoms with Crippen molar-refractivity contribution < 1.29 is 17.9 Å². The molecule has 6 heteroatoms. The molecule has 0 amide bonds. The topological polar surface area (TPSA) is 55.8 Å². The largest absolute Gasteiger partial charge is 0.491 e. The van der Waals surface area contributed by atoms with Gasteiger partial charge in [-0.25, -0.2) is 8.42 Å². The molecule has 2 rings (SSSR count). The van der Waals surface area contributed by atoms with E-state index in [9.17, 15) is 8.42 Å². The van der Waals surface area contributed by atoms with Crippen LogP contribution in [0.25, 0.3) is 0 Å². The first-order valence-electron chi connectivity index (χ1n) is 7.07. The molecule has 0 aliphatic carbocycles. The second-order valence-electron chi connectivity index (χ2n) is 6.16. The van der Waals surface area contributed by atoms with Crippen LogP contribution in [0, 0.1) is 0 Å². The maximum atomic E-state index is 12.8. The van der Waals surface area contributed by atoms with Crippen LogP contribution < -0.4 is 4.74 Å². The lowest BCUT2D eigenvalue weighted by atomic mass is 10.1. The number of ether oxygens (including phenoxy) is 2. The van der Waals surface area contributed by atoms with Crippen LogP contribution in [0.4, 0.5) is 0 Å². The predicted molar refractivity (Wildman–Crippen MR) is 80.7 cm³/mol. The van der Waals surface area contributed by atoms with E-state index in [1.54, 1.807) is 31.2 Å². The SMILES string of the molecule is CC(C)Oc1ccc(S(=O)(=O)N2C(C)OCC2(C)C)cc1. The number of benzene rings is 1. The molecule has 1 saturated heterocycles. The van der Waals surface area contributed by atoms with E-state index in [4.69, 9.17) is 9.47 Å². The minimum absolute atomic E-state index is 0.0541. The van der Waals surface area contributed by atoms with Crippen LogP contribution in [-0.2, 0) is 14.8 Å². The second kappa shape index (κ2) is 5.59. The molecular weight excluding hydrogens is 290 g/mol. The molecule has 21 heavy (non-hydrogen) atoms. The van der Waals surface area contributed by atoms with Gasteiger partial charge in [0.2, 0.25) is 10.0 Å². The highest BCUT2D eigenvalue weighted by atomic mass is 32.2. The zero-order valence-electron chi connectivity index (χ0n) is 13.2. The van der Waals surface area contributed by atoms with Gasteiger partial charge in [-0.2, -0.15) is 4.31 Å². The highest BCUT2D eigenvalue weighted by Crippen LogP contribution is 2.33. The van der Waals surface area contributed by atoms with Gasteiger partial charge in [0, 0.05) is 0 Å². The fourth-order valence-electron chi connectivity index (χ4n) is 2.54. The lowest BCUT2D eigenvalue weighted by Crippen LogP contribution is -2.47. The molecule has 0 N–H and O–H groups in total. The Labute approximate surface area is 126 Å². The van der Waals surface area contributed by atoms with Gasteiger partial charge in [-0.3, -0.25) is 0 Å². The number of sulfonamides is 1. The third kappa shape index (κ3) is 3.22. The predicted octanol–water partition coefficient (Wildman–Crippen LogP) is 2.62. The zero-order chi connectivity index (χ0) is 15.8. The van der Waals surface area contributed by atoms with Gasteiger partial charge in [0.1, 0.15) is 12.0 Å². The van der Waals surface area contributed by atoms with Crippen LogP contribution in [-0.4, -0.2) is 37.2 Å². The zero-order valence-corrected chi connectivity index (χ0v) is 14.0. The summed E-state index contributed by atoms with van der Waals surface area (Å²) >= 11 is 0. The summed E-state index contributed by atoms with van der Waals surface area (Å²) in [7, 11) is -3.59.